The van der Waals surface area contributed by atoms with Crippen LogP contribution in [0.3, 0.4) is 0 Å². The lowest BCUT2D eigenvalue weighted by Gasteiger charge is -2.25. The van der Waals surface area contributed by atoms with Gasteiger partial charge in [0.2, 0.25) is 0 Å². The van der Waals surface area contributed by atoms with E-state index in [1.54, 1.807) is 16.8 Å². The van der Waals surface area contributed by atoms with Crippen LogP contribution in [0.1, 0.15) is 5.69 Å². The number of aliphatic hydroxyl groups excluding tert-OH is 2. The second-order valence-electron chi connectivity index (χ2n) is 4.54. The molecule has 1 aliphatic rings. The van der Waals surface area contributed by atoms with Gasteiger partial charge < -0.3 is 20.6 Å². The van der Waals surface area contributed by atoms with Gasteiger partial charge in [-0.1, -0.05) is 0 Å². The lowest BCUT2D eigenvalue weighted by Crippen LogP contribution is -2.48. The number of aliphatic hydroxyl groups is 2. The van der Waals surface area contributed by atoms with Crippen molar-refractivity contribution in [3.05, 3.63) is 22.4 Å². The van der Waals surface area contributed by atoms with Gasteiger partial charge in [0, 0.05) is 11.8 Å². The summed E-state index contributed by atoms with van der Waals surface area (Å²) < 4.78 is 0. The second kappa shape index (κ2) is 7.04. The fourth-order valence-corrected chi connectivity index (χ4v) is 2.69. The number of hydrogen-bond donors (Lipinski definition) is 5. The molecule has 8 nitrogen and oxygen atoms in total. The number of hydrazine groups is 1. The number of thioether (sulfide) groups is 1. The van der Waals surface area contributed by atoms with E-state index in [0.717, 1.165) is 0 Å². The molecular formula is C11H19N5O3S. The highest BCUT2D eigenvalue weighted by Crippen LogP contribution is 2.17. The third-order valence-corrected chi connectivity index (χ3v) is 3.78. The Labute approximate surface area is 120 Å². The molecule has 1 aromatic heterocycles. The van der Waals surface area contributed by atoms with Crippen LogP contribution in [0, 0.1) is 0 Å². The van der Waals surface area contributed by atoms with Crippen LogP contribution in [0.2, 0.25) is 0 Å². The quantitative estimate of drug-likeness (QED) is 0.415. The maximum atomic E-state index is 11.6. The Balaban J connectivity index is 1.90. The molecule has 0 unspecified atom stereocenters. The van der Waals surface area contributed by atoms with Gasteiger partial charge in [0.1, 0.15) is 5.69 Å². The summed E-state index contributed by atoms with van der Waals surface area (Å²) in [5.74, 6) is 0.682. The molecule has 5 N–H and O–H groups in total. The summed E-state index contributed by atoms with van der Waals surface area (Å²) in [4.78, 5) is 18.2. The number of aromatic nitrogens is 2. The van der Waals surface area contributed by atoms with Crippen LogP contribution in [0.4, 0.5) is 5.69 Å². The highest BCUT2D eigenvalue weighted by molar-refractivity contribution is 7.98. The van der Waals surface area contributed by atoms with Crippen LogP contribution in [0.5, 0.6) is 0 Å². The minimum atomic E-state index is -0.811. The first-order valence-electron chi connectivity index (χ1n) is 6.25. The zero-order valence-corrected chi connectivity index (χ0v) is 12.0. The van der Waals surface area contributed by atoms with Gasteiger partial charge in [0.05, 0.1) is 37.9 Å². The van der Waals surface area contributed by atoms with Crippen LogP contribution in [-0.4, -0.2) is 62.6 Å². The molecule has 2 rings (SSSR count). The summed E-state index contributed by atoms with van der Waals surface area (Å²) in [7, 11) is 0. The fourth-order valence-electron chi connectivity index (χ4n) is 1.99. The standard InChI is InChI=1S/C11H19N5O3S/c1-20-4-8(9(18)3-17)14-6-16-2-7-10(15-16)11(19)13-5-12-7/h5,8-9,14-15,17-18H,2-4,6H2,1H3,(H,12,13,19)/t8-,9-/m0/s1. The molecule has 0 amide bonds. The Morgan fingerprint density at radius 3 is 3.10 bits per heavy atom. The fraction of sp³-hybridized carbons (Fsp3) is 0.636. The molecule has 2 atom stereocenters. The topological polar surface area (TPSA) is 114 Å². The average molecular weight is 301 g/mol. The van der Waals surface area contributed by atoms with Gasteiger partial charge in [-0.15, -0.1) is 0 Å². The summed E-state index contributed by atoms with van der Waals surface area (Å²) >= 11 is 1.59. The molecule has 1 aliphatic heterocycles. The SMILES string of the molecule is CSC[C@H](NCN1Cc2nc[nH]c(=O)c2N1)[C@@H](O)CO. The van der Waals surface area contributed by atoms with Crippen molar-refractivity contribution < 1.29 is 10.2 Å². The van der Waals surface area contributed by atoms with Gasteiger partial charge in [0.25, 0.3) is 5.56 Å². The van der Waals surface area contributed by atoms with E-state index in [1.807, 2.05) is 6.26 Å². The monoisotopic (exact) mass is 301 g/mol. The smallest absolute Gasteiger partial charge is 0.275 e. The number of fused-ring (bicyclic) bond motifs is 1. The number of nitrogens with one attached hydrogen (secondary N) is 3. The third kappa shape index (κ3) is 3.49. The molecule has 0 saturated heterocycles. The molecule has 0 aliphatic carbocycles. The maximum absolute atomic E-state index is 11.6. The highest BCUT2D eigenvalue weighted by Gasteiger charge is 2.24. The molecule has 9 heteroatoms. The minimum Gasteiger partial charge on any atom is -0.394 e. The van der Waals surface area contributed by atoms with Crippen LogP contribution >= 0.6 is 11.8 Å². The Hall–Kier alpha value is -1.13. The summed E-state index contributed by atoms with van der Waals surface area (Å²) in [5.41, 5.74) is 3.92. The van der Waals surface area contributed by atoms with E-state index in [-0.39, 0.29) is 18.2 Å². The number of rotatable bonds is 7. The van der Waals surface area contributed by atoms with E-state index in [9.17, 15) is 9.90 Å². The number of nitrogens with zero attached hydrogens (tertiary/aromatic N) is 2. The van der Waals surface area contributed by atoms with Gasteiger partial charge >= 0.3 is 0 Å². The molecule has 20 heavy (non-hydrogen) atoms. The van der Waals surface area contributed by atoms with Crippen LogP contribution in [-0.2, 0) is 6.54 Å². The molecule has 0 fully saturated rings. The Morgan fingerprint density at radius 1 is 1.65 bits per heavy atom. The lowest BCUT2D eigenvalue weighted by atomic mass is 10.2. The van der Waals surface area contributed by atoms with Crippen molar-refractivity contribution in [3.8, 4) is 0 Å². The summed E-state index contributed by atoms with van der Waals surface area (Å²) in [6, 6.07) is -0.216. The van der Waals surface area contributed by atoms with Crippen LogP contribution < -0.4 is 16.3 Å². The second-order valence-corrected chi connectivity index (χ2v) is 5.45. The van der Waals surface area contributed by atoms with Crippen molar-refractivity contribution in [1.29, 1.82) is 0 Å². The number of H-pyrrole nitrogens is 1. The summed E-state index contributed by atoms with van der Waals surface area (Å²) in [6.45, 7) is 0.651. The van der Waals surface area contributed by atoms with E-state index in [4.69, 9.17) is 5.11 Å². The van der Waals surface area contributed by atoms with Crippen molar-refractivity contribution >= 4 is 17.4 Å². The summed E-state index contributed by atoms with van der Waals surface area (Å²) in [6.07, 6.45) is 2.51. The Morgan fingerprint density at radius 2 is 2.45 bits per heavy atom. The largest absolute Gasteiger partial charge is 0.394 e. The van der Waals surface area contributed by atoms with Crippen molar-refractivity contribution in [2.75, 3.05) is 30.7 Å². The van der Waals surface area contributed by atoms with Crippen molar-refractivity contribution in [2.24, 2.45) is 0 Å². The zero-order chi connectivity index (χ0) is 14.5. The van der Waals surface area contributed by atoms with Crippen molar-refractivity contribution in [2.45, 2.75) is 18.7 Å². The normalized spacial score (nSPS) is 17.6. The van der Waals surface area contributed by atoms with E-state index < -0.39 is 6.10 Å². The Bertz CT molecular complexity index is 497. The highest BCUT2D eigenvalue weighted by atomic mass is 32.2. The average Bonchev–Trinajstić information content (AvgIpc) is 2.87. The molecule has 0 spiro atoms. The Kier molecular flexibility index (Phi) is 5.38. The lowest BCUT2D eigenvalue weighted by molar-refractivity contribution is 0.0646. The van der Waals surface area contributed by atoms with Crippen molar-refractivity contribution in [3.63, 3.8) is 0 Å². The molecule has 2 heterocycles. The van der Waals surface area contributed by atoms with Gasteiger partial charge in [-0.3, -0.25) is 10.1 Å². The van der Waals surface area contributed by atoms with Gasteiger partial charge in [0.15, 0.2) is 0 Å². The van der Waals surface area contributed by atoms with E-state index in [2.05, 4.69) is 20.7 Å². The molecule has 0 bridgehead atoms. The molecule has 0 saturated carbocycles. The van der Waals surface area contributed by atoms with Gasteiger partial charge in [-0.2, -0.15) is 11.8 Å². The van der Waals surface area contributed by atoms with Gasteiger partial charge in [-0.25, -0.2) is 9.99 Å². The third-order valence-electron chi connectivity index (χ3n) is 3.08. The predicted octanol–water partition coefficient (Wildman–Crippen LogP) is -1.46. The van der Waals surface area contributed by atoms with E-state index in [1.165, 1.54) is 6.33 Å². The van der Waals surface area contributed by atoms with E-state index in [0.29, 0.717) is 30.3 Å². The minimum absolute atomic E-state index is 0.200. The van der Waals surface area contributed by atoms with Crippen molar-refractivity contribution in [1.82, 2.24) is 20.3 Å². The first-order chi connectivity index (χ1) is 9.65. The number of hydrogen-bond acceptors (Lipinski definition) is 8. The van der Waals surface area contributed by atoms with Crippen LogP contribution in [0.15, 0.2) is 11.1 Å². The van der Waals surface area contributed by atoms with Gasteiger partial charge in [-0.05, 0) is 6.26 Å². The molecule has 1 aromatic rings. The van der Waals surface area contributed by atoms with E-state index >= 15 is 0 Å². The zero-order valence-electron chi connectivity index (χ0n) is 11.2. The molecule has 0 radical (unpaired) electrons. The molecule has 112 valence electrons. The summed E-state index contributed by atoms with van der Waals surface area (Å²) in [5, 5.41) is 23.7. The predicted molar refractivity (Wildman–Crippen MR) is 77.3 cm³/mol. The first kappa shape index (κ1) is 15.3. The first-order valence-corrected chi connectivity index (χ1v) is 7.64. The van der Waals surface area contributed by atoms with Crippen LogP contribution in [0.25, 0.3) is 0 Å². The number of aromatic amines is 1. The number of anilines is 1. The molecule has 0 aromatic carbocycles. The maximum Gasteiger partial charge on any atom is 0.275 e. The molecular weight excluding hydrogens is 282 g/mol.